The van der Waals surface area contributed by atoms with Crippen LogP contribution in [0.1, 0.15) is 42.0 Å². The third-order valence-corrected chi connectivity index (χ3v) is 6.65. The molecule has 0 amide bonds. The fourth-order valence-corrected chi connectivity index (χ4v) is 4.85. The molecule has 3 heterocycles. The van der Waals surface area contributed by atoms with Gasteiger partial charge in [0.2, 0.25) is 11.8 Å². The number of para-hydroxylation sites is 1. The highest BCUT2D eigenvalue weighted by Crippen LogP contribution is 2.47. The first-order valence-corrected chi connectivity index (χ1v) is 12.1. The number of rotatable bonds is 6. The summed E-state index contributed by atoms with van der Waals surface area (Å²) in [5.74, 6) is 1.63. The van der Waals surface area contributed by atoms with Gasteiger partial charge in [-0.2, -0.15) is 10.4 Å². The molecule has 1 aromatic heterocycles. The average Bonchev–Trinajstić information content (AvgIpc) is 3.27. The molecule has 5 rings (SSSR count). The number of nitriles is 1. The van der Waals surface area contributed by atoms with E-state index in [1.54, 1.807) is 25.2 Å². The maximum absolute atomic E-state index is 10.3. The van der Waals surface area contributed by atoms with Gasteiger partial charge in [0.15, 0.2) is 11.5 Å². The zero-order valence-corrected chi connectivity index (χ0v) is 20.8. The molecular formula is C28H29N5O3. The van der Waals surface area contributed by atoms with E-state index in [0.717, 1.165) is 48.4 Å². The van der Waals surface area contributed by atoms with Crippen LogP contribution in [0.5, 0.6) is 17.4 Å². The summed E-state index contributed by atoms with van der Waals surface area (Å²) in [6, 6.07) is 17.9. The molecule has 8 heteroatoms. The van der Waals surface area contributed by atoms with E-state index in [1.165, 1.54) is 6.42 Å². The summed E-state index contributed by atoms with van der Waals surface area (Å²) >= 11 is 0. The number of aryl methyl sites for hydroxylation is 1. The van der Waals surface area contributed by atoms with Crippen molar-refractivity contribution in [1.29, 1.82) is 5.26 Å². The first kappa shape index (κ1) is 23.5. The number of methoxy groups -OCH3 is 2. The van der Waals surface area contributed by atoms with Gasteiger partial charge in [-0.3, -0.25) is 0 Å². The van der Waals surface area contributed by atoms with Crippen molar-refractivity contribution in [2.45, 2.75) is 32.1 Å². The van der Waals surface area contributed by atoms with Crippen LogP contribution in [-0.2, 0) is 0 Å². The second-order valence-electron chi connectivity index (χ2n) is 8.87. The lowest BCUT2D eigenvalue weighted by atomic mass is 9.84. The molecule has 184 valence electrons. The summed E-state index contributed by atoms with van der Waals surface area (Å²) < 4.78 is 19.2. The minimum atomic E-state index is -0.426. The zero-order valence-electron chi connectivity index (χ0n) is 20.8. The highest BCUT2D eigenvalue weighted by atomic mass is 16.5. The van der Waals surface area contributed by atoms with E-state index in [0.29, 0.717) is 23.0 Å². The maximum Gasteiger partial charge on any atom is 0.237 e. The van der Waals surface area contributed by atoms with Gasteiger partial charge in [-0.1, -0.05) is 24.3 Å². The topological polar surface area (TPSA) is 84.9 Å². The number of hydrogen-bond acceptors (Lipinski definition) is 6. The lowest BCUT2D eigenvalue weighted by Gasteiger charge is -2.27. The fourth-order valence-electron chi connectivity index (χ4n) is 4.85. The van der Waals surface area contributed by atoms with Gasteiger partial charge in [0.25, 0.3) is 0 Å². The molecule has 36 heavy (non-hydrogen) atoms. The van der Waals surface area contributed by atoms with Crippen LogP contribution in [0.15, 0.2) is 65.0 Å². The Morgan fingerprint density at radius 3 is 2.50 bits per heavy atom. The van der Waals surface area contributed by atoms with Gasteiger partial charge < -0.3 is 19.1 Å². The van der Waals surface area contributed by atoms with E-state index in [2.05, 4.69) is 11.0 Å². The summed E-state index contributed by atoms with van der Waals surface area (Å²) in [6.07, 6.45) is 5.30. The van der Waals surface area contributed by atoms with Gasteiger partial charge in [0.05, 0.1) is 43.4 Å². The molecule has 2 aromatic carbocycles. The third kappa shape index (κ3) is 4.29. The molecule has 3 aromatic rings. The molecule has 0 bridgehead atoms. The monoisotopic (exact) mass is 483 g/mol. The van der Waals surface area contributed by atoms with Crippen LogP contribution in [0, 0.1) is 18.3 Å². The molecule has 1 saturated heterocycles. The van der Waals surface area contributed by atoms with Crippen molar-refractivity contribution in [2.75, 3.05) is 27.3 Å². The Kier molecular flexibility index (Phi) is 6.63. The molecule has 8 nitrogen and oxygen atoms in total. The van der Waals surface area contributed by atoms with Gasteiger partial charge in [-0.25, -0.2) is 9.67 Å². The van der Waals surface area contributed by atoms with Gasteiger partial charge in [-0.15, -0.1) is 0 Å². The Morgan fingerprint density at radius 1 is 1.06 bits per heavy atom. The Labute approximate surface area is 211 Å². The van der Waals surface area contributed by atoms with Crippen molar-refractivity contribution in [1.82, 2.24) is 14.7 Å². The number of aliphatic imine (C=N–C) groups is 1. The van der Waals surface area contributed by atoms with Crippen molar-refractivity contribution < 1.29 is 14.2 Å². The molecule has 2 aliphatic rings. The van der Waals surface area contributed by atoms with E-state index in [-0.39, 0.29) is 5.88 Å². The number of hydrogen-bond donors (Lipinski definition) is 0. The van der Waals surface area contributed by atoms with Crippen LogP contribution in [0.2, 0.25) is 0 Å². The second kappa shape index (κ2) is 10.2. The smallest absolute Gasteiger partial charge is 0.237 e. The van der Waals surface area contributed by atoms with Crippen LogP contribution < -0.4 is 14.2 Å². The molecular weight excluding hydrogens is 454 g/mol. The van der Waals surface area contributed by atoms with Gasteiger partial charge in [0, 0.05) is 13.1 Å². The number of allylic oxidation sites excluding steroid dienone is 1. The largest absolute Gasteiger partial charge is 0.493 e. The summed E-state index contributed by atoms with van der Waals surface area (Å²) in [4.78, 5) is 6.87. The van der Waals surface area contributed by atoms with Crippen molar-refractivity contribution in [3.8, 4) is 29.1 Å². The van der Waals surface area contributed by atoms with E-state index < -0.39 is 5.92 Å². The molecule has 1 fully saturated rings. The van der Waals surface area contributed by atoms with E-state index in [4.69, 9.17) is 24.3 Å². The highest BCUT2D eigenvalue weighted by Gasteiger charge is 2.37. The average molecular weight is 484 g/mol. The summed E-state index contributed by atoms with van der Waals surface area (Å²) in [5, 5.41) is 15.1. The van der Waals surface area contributed by atoms with Crippen LogP contribution in [0.25, 0.3) is 5.69 Å². The number of likely N-dealkylation sites (tertiary alicyclic amines) is 1. The maximum atomic E-state index is 10.3. The zero-order chi connectivity index (χ0) is 25.1. The molecule has 0 spiro atoms. The van der Waals surface area contributed by atoms with Crippen molar-refractivity contribution >= 4 is 6.34 Å². The van der Waals surface area contributed by atoms with Crippen LogP contribution in [0.4, 0.5) is 0 Å². The van der Waals surface area contributed by atoms with E-state index in [9.17, 15) is 5.26 Å². The van der Waals surface area contributed by atoms with Crippen molar-refractivity contribution in [3.05, 3.63) is 76.8 Å². The number of nitrogens with zero attached hydrogens (tertiary/aromatic N) is 5. The Morgan fingerprint density at radius 2 is 1.81 bits per heavy atom. The third-order valence-electron chi connectivity index (χ3n) is 6.65. The highest BCUT2D eigenvalue weighted by molar-refractivity contribution is 5.62. The quantitative estimate of drug-likeness (QED) is 0.363. The predicted octanol–water partition coefficient (Wildman–Crippen LogP) is 4.97. The molecule has 0 radical (unpaired) electrons. The molecule has 0 aliphatic carbocycles. The fraction of sp³-hybridized carbons (Fsp3) is 0.321. The minimum absolute atomic E-state index is 0.285. The lowest BCUT2D eigenvalue weighted by Crippen LogP contribution is -2.28. The second-order valence-corrected chi connectivity index (χ2v) is 8.87. The van der Waals surface area contributed by atoms with E-state index in [1.807, 2.05) is 55.5 Å². The van der Waals surface area contributed by atoms with E-state index >= 15 is 0 Å². The Hall–Kier alpha value is -4.25. The number of fused-ring (bicyclic) bond motifs is 1. The van der Waals surface area contributed by atoms with Crippen molar-refractivity contribution in [3.63, 3.8) is 0 Å². The standard InChI is InChI=1S/C28H29N5O3/c1-19-25-26(20-12-13-23(34-2)24(16-20)35-3)22(17-29)27(30-18-32-14-8-5-9-15-32)36-28(25)33(31-19)21-10-6-4-7-11-21/h4,6-7,10-13,16,18,26H,5,8-9,14-15H2,1-3H3. The van der Waals surface area contributed by atoms with Crippen LogP contribution in [0.3, 0.4) is 0 Å². The normalized spacial score (nSPS) is 17.5. The Balaban J connectivity index is 1.68. The summed E-state index contributed by atoms with van der Waals surface area (Å²) in [7, 11) is 3.21. The molecule has 1 atom stereocenters. The minimum Gasteiger partial charge on any atom is -0.493 e. The van der Waals surface area contributed by atoms with Crippen molar-refractivity contribution in [2.24, 2.45) is 4.99 Å². The van der Waals surface area contributed by atoms with Gasteiger partial charge in [-0.05, 0) is 56.0 Å². The molecule has 0 N–H and O–H groups in total. The number of aromatic nitrogens is 2. The molecule has 1 unspecified atom stereocenters. The summed E-state index contributed by atoms with van der Waals surface area (Å²) in [5.41, 5.74) is 3.78. The number of piperidine rings is 1. The molecule has 0 saturated carbocycles. The Bertz CT molecular complexity index is 1350. The first-order valence-electron chi connectivity index (χ1n) is 12.1. The predicted molar refractivity (Wildman–Crippen MR) is 137 cm³/mol. The van der Waals surface area contributed by atoms with Crippen LogP contribution >= 0.6 is 0 Å². The number of ether oxygens (including phenoxy) is 3. The number of benzene rings is 2. The SMILES string of the molecule is COc1ccc(C2C(C#N)=C(N=CN3CCCCC3)Oc3c2c(C)nn3-c2ccccc2)cc1OC. The van der Waals surface area contributed by atoms with Crippen LogP contribution in [-0.4, -0.2) is 48.3 Å². The molecule has 2 aliphatic heterocycles. The summed E-state index contributed by atoms with van der Waals surface area (Å²) in [6.45, 7) is 3.83. The lowest BCUT2D eigenvalue weighted by molar-refractivity contribution is 0.341. The van der Waals surface area contributed by atoms with Gasteiger partial charge >= 0.3 is 0 Å². The van der Waals surface area contributed by atoms with Gasteiger partial charge in [0.1, 0.15) is 11.6 Å². The first-order chi connectivity index (χ1) is 17.6.